The smallest absolute Gasteiger partial charge is 0.220 e. The first-order chi connectivity index (χ1) is 15.7. The first kappa shape index (κ1) is 21.0. The zero-order valence-corrected chi connectivity index (χ0v) is 18.5. The predicted octanol–water partition coefficient (Wildman–Crippen LogP) is 4.05. The predicted molar refractivity (Wildman–Crippen MR) is 124 cm³/mol. The van der Waals surface area contributed by atoms with Crippen molar-refractivity contribution in [1.82, 2.24) is 29.7 Å². The topological polar surface area (TPSA) is 119 Å². The van der Waals surface area contributed by atoms with Gasteiger partial charge in [-0.1, -0.05) is 23.7 Å². The molecule has 0 radical (unpaired) electrons. The number of nitrogens with one attached hydrogen (secondary N) is 1. The molecule has 1 aromatic carbocycles. The van der Waals surface area contributed by atoms with Crippen LogP contribution in [0.5, 0.6) is 0 Å². The third-order valence-electron chi connectivity index (χ3n) is 5.56. The minimum Gasteiger partial charge on any atom is -0.379 e. The second kappa shape index (κ2) is 7.65. The molecule has 0 unspecified atom stereocenters. The van der Waals surface area contributed by atoms with E-state index in [1.165, 1.54) is 19.1 Å². The molecule has 4 aromatic heterocycles. The van der Waals surface area contributed by atoms with E-state index < -0.39 is 11.4 Å². The minimum atomic E-state index is -1.80. The van der Waals surface area contributed by atoms with Gasteiger partial charge >= 0.3 is 0 Å². The minimum absolute atomic E-state index is 0.0153. The molecule has 33 heavy (non-hydrogen) atoms. The zero-order valence-electron chi connectivity index (χ0n) is 17.7. The highest BCUT2D eigenvalue weighted by Gasteiger charge is 2.32. The summed E-state index contributed by atoms with van der Waals surface area (Å²) in [5.74, 6) is -0.781. The SMILES string of the molecule is Cn1cc(-c2cnc3[nH]cc(-c4cc([C@](C)(O)c5cccc(Cl)c5F)nc(N)n4)c3c2)cn1. The van der Waals surface area contributed by atoms with E-state index in [2.05, 4.69) is 25.0 Å². The van der Waals surface area contributed by atoms with Gasteiger partial charge in [0.2, 0.25) is 5.95 Å². The van der Waals surface area contributed by atoms with E-state index in [1.807, 2.05) is 19.3 Å². The fourth-order valence-corrected chi connectivity index (χ4v) is 3.99. The molecule has 1 atom stereocenters. The Morgan fingerprint density at radius 2 is 2.00 bits per heavy atom. The Kier molecular flexibility index (Phi) is 4.88. The Bertz CT molecular complexity index is 1510. The number of rotatable bonds is 4. The van der Waals surface area contributed by atoms with Crippen LogP contribution in [0.1, 0.15) is 18.2 Å². The number of aliphatic hydroxyl groups is 1. The molecule has 4 heterocycles. The van der Waals surface area contributed by atoms with Gasteiger partial charge in [0.25, 0.3) is 0 Å². The summed E-state index contributed by atoms with van der Waals surface area (Å²) in [6.07, 6.45) is 7.16. The molecule has 5 aromatic rings. The van der Waals surface area contributed by atoms with Gasteiger partial charge in [0.05, 0.1) is 22.6 Å². The van der Waals surface area contributed by atoms with Crippen molar-refractivity contribution in [2.45, 2.75) is 12.5 Å². The van der Waals surface area contributed by atoms with Crippen molar-refractivity contribution in [3.8, 4) is 22.4 Å². The normalized spacial score (nSPS) is 13.4. The van der Waals surface area contributed by atoms with Gasteiger partial charge in [0, 0.05) is 53.3 Å². The number of nitrogen functional groups attached to an aromatic ring is 1. The molecule has 10 heteroatoms. The molecule has 0 saturated heterocycles. The molecule has 0 bridgehead atoms. The first-order valence-electron chi connectivity index (χ1n) is 10.0. The van der Waals surface area contributed by atoms with E-state index in [9.17, 15) is 9.50 Å². The van der Waals surface area contributed by atoms with Crippen LogP contribution in [0.15, 0.2) is 55.1 Å². The van der Waals surface area contributed by atoms with E-state index in [-0.39, 0.29) is 22.2 Å². The molecule has 5 rings (SSSR count). The molecule has 0 aliphatic heterocycles. The van der Waals surface area contributed by atoms with Crippen molar-refractivity contribution in [3.63, 3.8) is 0 Å². The number of fused-ring (bicyclic) bond motifs is 1. The standard InChI is InChI=1S/C23H19ClFN7O/c1-23(33,16-4-3-5-17(24)20(16)25)19-7-18(30-22(26)31-19)15-10-28-21-14(15)6-12(8-27-21)13-9-29-32(2)11-13/h3-11,33H,1-2H3,(H,27,28)(H2,26,30,31)/t23-/m1/s1. The molecule has 0 amide bonds. The number of hydrogen-bond acceptors (Lipinski definition) is 6. The van der Waals surface area contributed by atoms with E-state index in [0.29, 0.717) is 16.9 Å². The van der Waals surface area contributed by atoms with Crippen LogP contribution in [0.25, 0.3) is 33.4 Å². The highest BCUT2D eigenvalue weighted by Crippen LogP contribution is 2.36. The van der Waals surface area contributed by atoms with Crippen LogP contribution >= 0.6 is 11.6 Å². The van der Waals surface area contributed by atoms with Gasteiger partial charge in [0.15, 0.2) is 0 Å². The number of nitrogens with two attached hydrogens (primary N) is 1. The number of aromatic amines is 1. The monoisotopic (exact) mass is 463 g/mol. The molecule has 0 aliphatic rings. The lowest BCUT2D eigenvalue weighted by Crippen LogP contribution is -2.26. The van der Waals surface area contributed by atoms with Crippen molar-refractivity contribution >= 4 is 28.6 Å². The molecule has 8 nitrogen and oxygen atoms in total. The van der Waals surface area contributed by atoms with Crippen molar-refractivity contribution in [2.24, 2.45) is 7.05 Å². The second-order valence-corrected chi connectivity index (χ2v) is 8.30. The highest BCUT2D eigenvalue weighted by molar-refractivity contribution is 6.30. The summed E-state index contributed by atoms with van der Waals surface area (Å²) in [5, 5.41) is 16.2. The van der Waals surface area contributed by atoms with Crippen LogP contribution in [-0.4, -0.2) is 34.8 Å². The molecule has 4 N–H and O–H groups in total. The maximum atomic E-state index is 14.7. The maximum absolute atomic E-state index is 14.7. The largest absolute Gasteiger partial charge is 0.379 e. The molecule has 0 spiro atoms. The van der Waals surface area contributed by atoms with Crippen LogP contribution < -0.4 is 5.73 Å². The average molecular weight is 464 g/mol. The van der Waals surface area contributed by atoms with Gasteiger partial charge in [-0.05, 0) is 25.1 Å². The number of anilines is 1. The number of aromatic nitrogens is 6. The van der Waals surface area contributed by atoms with E-state index in [4.69, 9.17) is 17.3 Å². The summed E-state index contributed by atoms with van der Waals surface area (Å²) in [4.78, 5) is 16.2. The summed E-state index contributed by atoms with van der Waals surface area (Å²) < 4.78 is 16.4. The number of H-pyrrole nitrogens is 1. The van der Waals surface area contributed by atoms with E-state index in [1.54, 1.807) is 35.4 Å². The highest BCUT2D eigenvalue weighted by atomic mass is 35.5. The summed E-state index contributed by atoms with van der Waals surface area (Å²) in [7, 11) is 1.84. The number of halogens is 2. The molecule has 0 aliphatic carbocycles. The van der Waals surface area contributed by atoms with Crippen molar-refractivity contribution < 1.29 is 9.50 Å². The molecule has 0 saturated carbocycles. The third kappa shape index (κ3) is 3.61. The van der Waals surface area contributed by atoms with E-state index >= 15 is 0 Å². The van der Waals surface area contributed by atoms with Crippen LogP contribution in [0.3, 0.4) is 0 Å². The Hall–Kier alpha value is -3.82. The summed E-state index contributed by atoms with van der Waals surface area (Å²) in [6.45, 7) is 1.44. The van der Waals surface area contributed by atoms with Gasteiger partial charge in [0.1, 0.15) is 17.1 Å². The van der Waals surface area contributed by atoms with Gasteiger partial charge < -0.3 is 15.8 Å². The lowest BCUT2D eigenvalue weighted by Gasteiger charge is -2.24. The Morgan fingerprint density at radius 1 is 1.18 bits per heavy atom. The van der Waals surface area contributed by atoms with Crippen molar-refractivity contribution in [1.29, 1.82) is 0 Å². The number of hydrogen-bond donors (Lipinski definition) is 3. The van der Waals surface area contributed by atoms with Gasteiger partial charge in [-0.15, -0.1) is 0 Å². The second-order valence-electron chi connectivity index (χ2n) is 7.90. The Balaban J connectivity index is 1.64. The average Bonchev–Trinajstić information content (AvgIpc) is 3.40. The van der Waals surface area contributed by atoms with Gasteiger partial charge in [-0.3, -0.25) is 4.68 Å². The lowest BCUT2D eigenvalue weighted by molar-refractivity contribution is 0.0933. The van der Waals surface area contributed by atoms with Crippen molar-refractivity contribution in [2.75, 3.05) is 5.73 Å². The maximum Gasteiger partial charge on any atom is 0.220 e. The first-order valence-corrected chi connectivity index (χ1v) is 10.4. The summed E-state index contributed by atoms with van der Waals surface area (Å²) in [6, 6.07) is 7.98. The molecule has 0 fully saturated rings. The Morgan fingerprint density at radius 3 is 2.76 bits per heavy atom. The van der Waals surface area contributed by atoms with Crippen LogP contribution in [0.2, 0.25) is 5.02 Å². The Labute approximate surface area is 192 Å². The quantitative estimate of drug-likeness (QED) is 0.370. The molecular formula is C23H19ClFN7O. The number of nitrogens with zero attached hydrogens (tertiary/aromatic N) is 5. The molecular weight excluding hydrogens is 445 g/mol. The van der Waals surface area contributed by atoms with Crippen LogP contribution in [-0.2, 0) is 12.6 Å². The third-order valence-corrected chi connectivity index (χ3v) is 5.86. The van der Waals surface area contributed by atoms with E-state index in [0.717, 1.165) is 16.5 Å². The summed E-state index contributed by atoms with van der Waals surface area (Å²) in [5.41, 5.74) is 7.93. The lowest BCUT2D eigenvalue weighted by atomic mass is 9.91. The van der Waals surface area contributed by atoms with Crippen LogP contribution in [0, 0.1) is 5.82 Å². The summed E-state index contributed by atoms with van der Waals surface area (Å²) >= 11 is 5.92. The van der Waals surface area contributed by atoms with Crippen molar-refractivity contribution in [3.05, 3.63) is 77.2 Å². The fourth-order valence-electron chi connectivity index (χ4n) is 3.81. The van der Waals surface area contributed by atoms with Crippen LogP contribution in [0.4, 0.5) is 10.3 Å². The zero-order chi connectivity index (χ0) is 23.3. The van der Waals surface area contributed by atoms with Gasteiger partial charge in [-0.25, -0.2) is 19.3 Å². The van der Waals surface area contributed by atoms with Gasteiger partial charge in [-0.2, -0.15) is 5.10 Å². The number of aryl methyl sites for hydroxylation is 1. The fraction of sp³-hybridized carbons (Fsp3) is 0.130. The number of benzene rings is 1. The molecule has 166 valence electrons. The number of pyridine rings is 1.